The maximum Gasteiger partial charge on any atom is 0.325 e. The number of nitrogens with zero attached hydrogens (tertiary/aromatic N) is 5. The minimum Gasteiger partial charge on any atom is -0.340 e. The second-order valence-corrected chi connectivity index (χ2v) is 7.76. The van der Waals surface area contributed by atoms with Gasteiger partial charge in [0.05, 0.1) is 6.54 Å². The summed E-state index contributed by atoms with van der Waals surface area (Å²) >= 11 is 1.48. The summed E-state index contributed by atoms with van der Waals surface area (Å²) in [6.07, 6.45) is 8.19. The smallest absolute Gasteiger partial charge is 0.325 e. The number of rotatable bonds is 2. The zero-order chi connectivity index (χ0) is 17.6. The molecular weight excluding hydrogens is 338 g/mol. The topological polar surface area (TPSA) is 69.6 Å². The molecule has 3 amide bonds. The molecule has 3 aliphatic rings. The summed E-state index contributed by atoms with van der Waals surface area (Å²) in [5, 5.41) is 0.681. The highest BCUT2D eigenvalue weighted by Gasteiger charge is 2.40. The van der Waals surface area contributed by atoms with Crippen molar-refractivity contribution in [3.05, 3.63) is 11.8 Å². The van der Waals surface area contributed by atoms with Crippen LogP contribution >= 0.6 is 11.8 Å². The minimum absolute atomic E-state index is 0.00107. The predicted octanol–water partition coefficient (Wildman–Crippen LogP) is 2.11. The van der Waals surface area contributed by atoms with Crippen LogP contribution in [-0.4, -0.2) is 63.6 Å². The van der Waals surface area contributed by atoms with E-state index in [1.54, 1.807) is 11.9 Å². The van der Waals surface area contributed by atoms with Crippen molar-refractivity contribution in [1.29, 1.82) is 0 Å². The lowest BCUT2D eigenvalue weighted by Gasteiger charge is -2.47. The zero-order valence-corrected chi connectivity index (χ0v) is 15.5. The third kappa shape index (κ3) is 2.86. The molecule has 2 fully saturated rings. The van der Waals surface area contributed by atoms with Gasteiger partial charge in [-0.05, 0) is 31.9 Å². The van der Waals surface area contributed by atoms with E-state index >= 15 is 0 Å². The molecule has 7 nitrogen and oxygen atoms in total. The first-order valence-electron chi connectivity index (χ1n) is 8.82. The number of anilines is 1. The Morgan fingerprint density at radius 3 is 2.80 bits per heavy atom. The summed E-state index contributed by atoms with van der Waals surface area (Å²) in [6, 6.07) is 0.462. The molecule has 2 saturated heterocycles. The molecule has 2 atom stereocenters. The Hall–Kier alpha value is -1.83. The molecule has 0 radical (unpaired) electrons. The number of hydrogen-bond acceptors (Lipinski definition) is 5. The van der Waals surface area contributed by atoms with Crippen molar-refractivity contribution < 1.29 is 9.59 Å². The van der Waals surface area contributed by atoms with Gasteiger partial charge in [0, 0.05) is 43.9 Å². The second-order valence-electron chi connectivity index (χ2n) is 6.99. The van der Waals surface area contributed by atoms with Crippen LogP contribution in [0.25, 0.3) is 0 Å². The number of amides is 3. The van der Waals surface area contributed by atoms with Crippen LogP contribution < -0.4 is 4.90 Å². The van der Waals surface area contributed by atoms with Crippen molar-refractivity contribution in [3.8, 4) is 0 Å². The van der Waals surface area contributed by atoms with Gasteiger partial charge in [-0.3, -0.25) is 9.69 Å². The Morgan fingerprint density at radius 2 is 2.00 bits per heavy atom. The van der Waals surface area contributed by atoms with Crippen LogP contribution in [0.1, 0.15) is 37.7 Å². The van der Waals surface area contributed by atoms with E-state index in [-0.39, 0.29) is 24.0 Å². The van der Waals surface area contributed by atoms with Gasteiger partial charge in [-0.2, -0.15) is 0 Å². The van der Waals surface area contributed by atoms with Crippen molar-refractivity contribution in [1.82, 2.24) is 19.8 Å². The standard InChI is InChI=1S/C17H23N5O2S/c1-20-15-11(9-18-16(19-15)25-2)10-22(17(20)24)13-6-7-21-12(8-13)4-3-5-14(21)23/h9,12-13H,3-8,10H2,1-2H3/t12-,13?/m0/s1. The number of carbonyl (C=O) groups excluding carboxylic acids is 2. The Labute approximate surface area is 151 Å². The SMILES string of the molecule is CSc1ncc2c(n1)N(C)C(=O)N(C1CCN3C(=O)CCC[C@H]3C1)C2. The summed E-state index contributed by atoms with van der Waals surface area (Å²) in [4.78, 5) is 39.5. The van der Waals surface area contributed by atoms with E-state index in [4.69, 9.17) is 0 Å². The Kier molecular flexibility index (Phi) is 4.31. The van der Waals surface area contributed by atoms with E-state index in [9.17, 15) is 9.59 Å². The Balaban J connectivity index is 1.55. The summed E-state index contributed by atoms with van der Waals surface area (Å²) in [7, 11) is 1.78. The van der Waals surface area contributed by atoms with Gasteiger partial charge in [0.2, 0.25) is 5.91 Å². The van der Waals surface area contributed by atoms with E-state index in [1.165, 1.54) is 11.8 Å². The summed E-state index contributed by atoms with van der Waals surface area (Å²) in [6.45, 7) is 1.31. The minimum atomic E-state index is -0.00107. The first-order chi connectivity index (χ1) is 12.1. The van der Waals surface area contributed by atoms with E-state index in [2.05, 4.69) is 9.97 Å². The van der Waals surface area contributed by atoms with Gasteiger partial charge in [0.1, 0.15) is 5.82 Å². The summed E-state index contributed by atoms with van der Waals surface area (Å²) in [5.41, 5.74) is 0.988. The second kappa shape index (κ2) is 6.48. The van der Waals surface area contributed by atoms with Gasteiger partial charge in [0.15, 0.2) is 5.16 Å². The fraction of sp³-hybridized carbons (Fsp3) is 0.647. The third-order valence-corrected chi connectivity index (χ3v) is 6.13. The Morgan fingerprint density at radius 1 is 1.20 bits per heavy atom. The molecule has 0 aromatic carbocycles. The maximum absolute atomic E-state index is 12.9. The van der Waals surface area contributed by atoms with Crippen LogP contribution in [0.4, 0.5) is 10.6 Å². The predicted molar refractivity (Wildman–Crippen MR) is 95.5 cm³/mol. The molecule has 0 saturated carbocycles. The first-order valence-corrected chi connectivity index (χ1v) is 10.0. The number of aromatic nitrogens is 2. The van der Waals surface area contributed by atoms with Crippen molar-refractivity contribution in [3.63, 3.8) is 0 Å². The summed E-state index contributed by atoms with van der Waals surface area (Å²) in [5.74, 6) is 0.992. The Bertz CT molecular complexity index is 712. The largest absolute Gasteiger partial charge is 0.340 e. The van der Waals surface area contributed by atoms with Crippen LogP contribution in [0.3, 0.4) is 0 Å². The van der Waals surface area contributed by atoms with Gasteiger partial charge in [-0.1, -0.05) is 11.8 Å². The molecule has 3 aliphatic heterocycles. The molecule has 0 bridgehead atoms. The molecule has 0 N–H and O–H groups in total. The fourth-order valence-electron chi connectivity index (χ4n) is 4.25. The highest BCUT2D eigenvalue weighted by Crippen LogP contribution is 2.34. The third-order valence-electron chi connectivity index (χ3n) is 5.57. The van der Waals surface area contributed by atoms with Crippen molar-refractivity contribution in [2.75, 3.05) is 24.7 Å². The molecule has 8 heteroatoms. The molecular formula is C17H23N5O2S. The molecule has 1 aromatic heterocycles. The quantitative estimate of drug-likeness (QED) is 0.596. The maximum atomic E-state index is 12.9. The molecule has 0 spiro atoms. The van der Waals surface area contributed by atoms with Crippen molar-refractivity contribution >= 4 is 29.5 Å². The molecule has 4 heterocycles. The lowest BCUT2D eigenvalue weighted by Crippen LogP contribution is -2.57. The number of carbonyl (C=O) groups is 2. The molecule has 1 unspecified atom stereocenters. The van der Waals surface area contributed by atoms with Gasteiger partial charge < -0.3 is 9.80 Å². The first kappa shape index (κ1) is 16.6. The lowest BCUT2D eigenvalue weighted by atomic mass is 9.88. The normalized spacial score (nSPS) is 26.6. The number of piperidine rings is 2. The van der Waals surface area contributed by atoms with Crippen LogP contribution in [0.2, 0.25) is 0 Å². The van der Waals surface area contributed by atoms with Crippen molar-refractivity contribution in [2.45, 2.75) is 55.9 Å². The molecule has 1 aromatic rings. The molecule has 25 heavy (non-hydrogen) atoms. The van der Waals surface area contributed by atoms with E-state index in [0.29, 0.717) is 23.9 Å². The zero-order valence-electron chi connectivity index (χ0n) is 14.6. The van der Waals surface area contributed by atoms with Gasteiger partial charge in [0.25, 0.3) is 0 Å². The molecule has 134 valence electrons. The fourth-order valence-corrected chi connectivity index (χ4v) is 4.59. The highest BCUT2D eigenvalue weighted by molar-refractivity contribution is 7.98. The average Bonchev–Trinajstić information content (AvgIpc) is 2.64. The lowest BCUT2D eigenvalue weighted by molar-refractivity contribution is -0.138. The van der Waals surface area contributed by atoms with E-state index in [0.717, 1.165) is 37.8 Å². The number of thioether (sulfide) groups is 1. The average molecular weight is 361 g/mol. The highest BCUT2D eigenvalue weighted by atomic mass is 32.2. The summed E-state index contributed by atoms with van der Waals surface area (Å²) < 4.78 is 0. The monoisotopic (exact) mass is 361 g/mol. The van der Waals surface area contributed by atoms with Crippen LogP contribution in [0.15, 0.2) is 11.4 Å². The van der Waals surface area contributed by atoms with E-state index < -0.39 is 0 Å². The van der Waals surface area contributed by atoms with E-state index in [1.807, 2.05) is 22.3 Å². The molecule has 0 aliphatic carbocycles. The van der Waals surface area contributed by atoms with Gasteiger partial charge in [-0.15, -0.1) is 0 Å². The van der Waals surface area contributed by atoms with Gasteiger partial charge >= 0.3 is 6.03 Å². The van der Waals surface area contributed by atoms with Gasteiger partial charge in [-0.25, -0.2) is 14.8 Å². The number of urea groups is 1. The number of fused-ring (bicyclic) bond motifs is 2. The number of hydrogen-bond donors (Lipinski definition) is 0. The van der Waals surface area contributed by atoms with Crippen LogP contribution in [-0.2, 0) is 11.3 Å². The van der Waals surface area contributed by atoms with Crippen LogP contribution in [0, 0.1) is 0 Å². The molecule has 4 rings (SSSR count). The van der Waals surface area contributed by atoms with Crippen LogP contribution in [0.5, 0.6) is 0 Å². The van der Waals surface area contributed by atoms with Crippen molar-refractivity contribution in [2.24, 2.45) is 0 Å².